The van der Waals surface area contributed by atoms with Crippen LogP contribution < -0.4 is 4.90 Å². The first-order valence-electron chi connectivity index (χ1n) is 8.90. The predicted molar refractivity (Wildman–Crippen MR) is 93.5 cm³/mol. The number of nitrogens with zero attached hydrogens (tertiary/aromatic N) is 4. The SMILES string of the molecule is OCc1cc2ccccc2nc1N1CCC(c2nc(C3CC3)no2)C1. The molecule has 25 heavy (non-hydrogen) atoms. The van der Waals surface area contributed by atoms with Gasteiger partial charge in [0.1, 0.15) is 5.82 Å². The number of hydrogen-bond donors (Lipinski definition) is 1. The maximum absolute atomic E-state index is 9.78. The Morgan fingerprint density at radius 1 is 1.12 bits per heavy atom. The van der Waals surface area contributed by atoms with Crippen molar-refractivity contribution in [3.8, 4) is 0 Å². The molecule has 1 aromatic carbocycles. The maximum Gasteiger partial charge on any atom is 0.231 e. The molecule has 0 spiro atoms. The van der Waals surface area contributed by atoms with Crippen LogP contribution in [0.4, 0.5) is 5.82 Å². The quantitative estimate of drug-likeness (QED) is 0.789. The minimum atomic E-state index is -0.0132. The second-order valence-electron chi connectivity index (χ2n) is 7.02. The minimum absolute atomic E-state index is 0.0132. The Kier molecular flexibility index (Phi) is 3.45. The number of para-hydroxylation sites is 1. The van der Waals surface area contributed by atoms with Gasteiger partial charge in [-0.3, -0.25) is 0 Å². The van der Waals surface area contributed by atoms with E-state index in [1.807, 2.05) is 30.3 Å². The summed E-state index contributed by atoms with van der Waals surface area (Å²) >= 11 is 0. The number of aromatic nitrogens is 3. The molecule has 6 heteroatoms. The molecule has 0 bridgehead atoms. The number of aliphatic hydroxyl groups excluding tert-OH is 1. The molecule has 2 aliphatic rings. The molecule has 3 aromatic rings. The van der Waals surface area contributed by atoms with Gasteiger partial charge in [0, 0.05) is 30.0 Å². The number of hydrogen-bond acceptors (Lipinski definition) is 6. The molecule has 6 nitrogen and oxygen atoms in total. The van der Waals surface area contributed by atoms with Crippen molar-refractivity contribution in [2.45, 2.75) is 37.7 Å². The highest BCUT2D eigenvalue weighted by molar-refractivity contribution is 5.81. The van der Waals surface area contributed by atoms with Gasteiger partial charge in [0.25, 0.3) is 0 Å². The fourth-order valence-corrected chi connectivity index (χ4v) is 3.61. The van der Waals surface area contributed by atoms with Crippen LogP contribution in [-0.4, -0.2) is 33.3 Å². The van der Waals surface area contributed by atoms with Crippen LogP contribution in [0.5, 0.6) is 0 Å². The zero-order valence-corrected chi connectivity index (χ0v) is 13.9. The average molecular weight is 336 g/mol. The van der Waals surface area contributed by atoms with E-state index in [1.54, 1.807) is 0 Å². The molecular weight excluding hydrogens is 316 g/mol. The van der Waals surface area contributed by atoms with Crippen molar-refractivity contribution < 1.29 is 9.63 Å². The first kappa shape index (κ1) is 14.8. The molecule has 1 aliphatic heterocycles. The van der Waals surface area contributed by atoms with Crippen LogP contribution >= 0.6 is 0 Å². The van der Waals surface area contributed by atoms with Crippen LogP contribution in [0, 0.1) is 0 Å². The van der Waals surface area contributed by atoms with E-state index in [0.717, 1.165) is 53.5 Å². The maximum atomic E-state index is 9.78. The Bertz CT molecular complexity index is 919. The summed E-state index contributed by atoms with van der Waals surface area (Å²) < 4.78 is 5.50. The molecule has 0 amide bonds. The molecule has 5 rings (SSSR count). The fourth-order valence-electron chi connectivity index (χ4n) is 3.61. The summed E-state index contributed by atoms with van der Waals surface area (Å²) in [5, 5.41) is 15.0. The van der Waals surface area contributed by atoms with E-state index in [2.05, 4.69) is 15.0 Å². The summed E-state index contributed by atoms with van der Waals surface area (Å²) in [7, 11) is 0. The third-order valence-electron chi connectivity index (χ3n) is 5.19. The third kappa shape index (κ3) is 2.66. The third-order valence-corrected chi connectivity index (χ3v) is 5.19. The number of anilines is 1. The smallest absolute Gasteiger partial charge is 0.231 e. The highest BCUT2D eigenvalue weighted by Gasteiger charge is 2.33. The van der Waals surface area contributed by atoms with Gasteiger partial charge in [-0.2, -0.15) is 4.98 Å². The van der Waals surface area contributed by atoms with Crippen molar-refractivity contribution in [2.24, 2.45) is 0 Å². The van der Waals surface area contributed by atoms with Gasteiger partial charge in [0.15, 0.2) is 5.82 Å². The molecule has 1 saturated heterocycles. The predicted octanol–water partition coefficient (Wildman–Crippen LogP) is 2.98. The lowest BCUT2D eigenvalue weighted by atomic mass is 10.1. The van der Waals surface area contributed by atoms with E-state index >= 15 is 0 Å². The lowest BCUT2D eigenvalue weighted by Crippen LogP contribution is -2.22. The summed E-state index contributed by atoms with van der Waals surface area (Å²) in [6.07, 6.45) is 3.32. The van der Waals surface area contributed by atoms with Crippen molar-refractivity contribution in [3.05, 3.63) is 47.6 Å². The zero-order valence-electron chi connectivity index (χ0n) is 13.9. The zero-order chi connectivity index (χ0) is 16.8. The van der Waals surface area contributed by atoms with Crippen molar-refractivity contribution in [1.82, 2.24) is 15.1 Å². The van der Waals surface area contributed by atoms with Gasteiger partial charge < -0.3 is 14.5 Å². The fraction of sp³-hybridized carbons (Fsp3) is 0.421. The monoisotopic (exact) mass is 336 g/mol. The second kappa shape index (κ2) is 5.81. The molecule has 1 atom stereocenters. The van der Waals surface area contributed by atoms with Crippen LogP contribution in [0.3, 0.4) is 0 Å². The van der Waals surface area contributed by atoms with Crippen LogP contribution in [0.2, 0.25) is 0 Å². The minimum Gasteiger partial charge on any atom is -0.392 e. The van der Waals surface area contributed by atoms with Gasteiger partial charge in [0.05, 0.1) is 18.0 Å². The van der Waals surface area contributed by atoms with Crippen molar-refractivity contribution in [1.29, 1.82) is 0 Å². The van der Waals surface area contributed by atoms with Gasteiger partial charge in [-0.25, -0.2) is 4.98 Å². The van der Waals surface area contributed by atoms with Gasteiger partial charge in [-0.1, -0.05) is 23.4 Å². The lowest BCUT2D eigenvalue weighted by molar-refractivity contribution is 0.282. The molecular formula is C19H20N4O2. The van der Waals surface area contributed by atoms with E-state index < -0.39 is 0 Å². The average Bonchev–Trinajstić information content (AvgIpc) is 3.19. The number of benzene rings is 1. The molecule has 1 N–H and O–H groups in total. The molecule has 1 unspecified atom stereocenters. The van der Waals surface area contributed by atoms with Gasteiger partial charge in [0.2, 0.25) is 5.89 Å². The van der Waals surface area contributed by atoms with E-state index in [0.29, 0.717) is 5.92 Å². The first-order chi connectivity index (χ1) is 12.3. The number of rotatable bonds is 4. The molecule has 1 aliphatic carbocycles. The number of aliphatic hydroxyl groups is 1. The van der Waals surface area contributed by atoms with Crippen LogP contribution in [0.25, 0.3) is 10.9 Å². The standard InChI is InChI=1S/C19H20N4O2/c24-11-15-9-13-3-1-2-4-16(13)20-18(15)23-8-7-14(10-23)19-21-17(22-25-19)12-5-6-12/h1-4,9,12,14,24H,5-8,10-11H2. The van der Waals surface area contributed by atoms with E-state index in [1.165, 1.54) is 12.8 Å². The Balaban J connectivity index is 1.42. The lowest BCUT2D eigenvalue weighted by Gasteiger charge is -2.20. The topological polar surface area (TPSA) is 75.3 Å². The molecule has 3 heterocycles. The Morgan fingerprint density at radius 3 is 2.84 bits per heavy atom. The summed E-state index contributed by atoms with van der Waals surface area (Å²) in [6, 6.07) is 10.0. The molecule has 2 fully saturated rings. The van der Waals surface area contributed by atoms with Crippen LogP contribution in [0.15, 0.2) is 34.9 Å². The Hall–Kier alpha value is -2.47. The van der Waals surface area contributed by atoms with Crippen LogP contribution in [0.1, 0.15) is 48.4 Å². The Morgan fingerprint density at radius 2 is 2.00 bits per heavy atom. The number of pyridine rings is 1. The first-order valence-corrected chi connectivity index (χ1v) is 8.90. The van der Waals surface area contributed by atoms with Gasteiger partial charge >= 0.3 is 0 Å². The molecule has 0 radical (unpaired) electrons. The number of fused-ring (bicyclic) bond motifs is 1. The van der Waals surface area contributed by atoms with Gasteiger partial charge in [-0.05, 0) is 31.4 Å². The van der Waals surface area contributed by atoms with Crippen molar-refractivity contribution >= 4 is 16.7 Å². The normalized spacial score (nSPS) is 20.5. The molecule has 128 valence electrons. The summed E-state index contributed by atoms with van der Waals surface area (Å²) in [5.41, 5.74) is 1.82. The van der Waals surface area contributed by atoms with E-state index in [-0.39, 0.29) is 12.5 Å². The van der Waals surface area contributed by atoms with E-state index in [9.17, 15) is 5.11 Å². The largest absolute Gasteiger partial charge is 0.392 e. The second-order valence-corrected chi connectivity index (χ2v) is 7.02. The molecule has 1 saturated carbocycles. The summed E-state index contributed by atoms with van der Waals surface area (Å²) in [4.78, 5) is 11.6. The summed E-state index contributed by atoms with van der Waals surface area (Å²) in [6.45, 7) is 1.66. The van der Waals surface area contributed by atoms with E-state index in [4.69, 9.17) is 9.51 Å². The highest BCUT2D eigenvalue weighted by Crippen LogP contribution is 2.39. The molecule has 2 aromatic heterocycles. The highest BCUT2D eigenvalue weighted by atomic mass is 16.5. The van der Waals surface area contributed by atoms with Crippen molar-refractivity contribution in [2.75, 3.05) is 18.0 Å². The van der Waals surface area contributed by atoms with Crippen molar-refractivity contribution in [3.63, 3.8) is 0 Å². The Labute approximate surface area is 145 Å². The van der Waals surface area contributed by atoms with Gasteiger partial charge in [-0.15, -0.1) is 0 Å². The van der Waals surface area contributed by atoms with Crippen LogP contribution in [-0.2, 0) is 6.61 Å². The summed E-state index contributed by atoms with van der Waals surface area (Å²) in [5.74, 6) is 3.23.